The van der Waals surface area contributed by atoms with Crippen molar-refractivity contribution in [1.82, 2.24) is 0 Å². The van der Waals surface area contributed by atoms with Gasteiger partial charge in [0.25, 0.3) is 0 Å². The van der Waals surface area contributed by atoms with Gasteiger partial charge in [-0.15, -0.1) is 0 Å². The quantitative estimate of drug-likeness (QED) is 0.702. The molecule has 0 saturated carbocycles. The summed E-state index contributed by atoms with van der Waals surface area (Å²) in [6, 6.07) is -0.208. The molecule has 0 spiro atoms. The van der Waals surface area contributed by atoms with Crippen LogP contribution >= 0.6 is 0 Å². The van der Waals surface area contributed by atoms with Gasteiger partial charge < -0.3 is 5.73 Å². The lowest BCUT2D eigenvalue weighted by molar-refractivity contribution is 0.466. The fraction of sp³-hybridized carbons (Fsp3) is 1.00. The topological polar surface area (TPSA) is 60.2 Å². The van der Waals surface area contributed by atoms with Crippen molar-refractivity contribution in [2.24, 2.45) is 11.7 Å². The second-order valence-electron chi connectivity index (χ2n) is 3.25. The van der Waals surface area contributed by atoms with Crippen molar-refractivity contribution in [3.05, 3.63) is 0 Å². The second-order valence-corrected chi connectivity index (χ2v) is 5.65. The lowest BCUT2D eigenvalue weighted by Gasteiger charge is -2.17. The third-order valence-corrected chi connectivity index (χ3v) is 4.03. The summed E-state index contributed by atoms with van der Waals surface area (Å²) in [6.07, 6.45) is 0.931. The van der Waals surface area contributed by atoms with Gasteiger partial charge in [0.15, 0.2) is 9.84 Å². The van der Waals surface area contributed by atoms with E-state index < -0.39 is 9.84 Å². The molecule has 0 aromatic heterocycles. The Kier molecular flexibility index (Phi) is 4.78. The van der Waals surface area contributed by atoms with Crippen LogP contribution in [-0.4, -0.2) is 26.0 Å². The van der Waals surface area contributed by atoms with Gasteiger partial charge in [0.1, 0.15) is 0 Å². The maximum absolute atomic E-state index is 11.2. The van der Waals surface area contributed by atoms with E-state index in [4.69, 9.17) is 5.73 Å². The average Bonchev–Trinajstić information content (AvgIpc) is 2.02. The predicted octanol–water partition coefficient (Wildman–Crippen LogP) is 0.795. The number of nitrogens with two attached hydrogens (primary N) is 1. The average molecular weight is 193 g/mol. The zero-order valence-corrected chi connectivity index (χ0v) is 8.89. The van der Waals surface area contributed by atoms with Crippen LogP contribution in [0.15, 0.2) is 0 Å². The maximum Gasteiger partial charge on any atom is 0.151 e. The first kappa shape index (κ1) is 11.9. The van der Waals surface area contributed by atoms with Crippen molar-refractivity contribution in [2.45, 2.75) is 33.2 Å². The van der Waals surface area contributed by atoms with Crippen molar-refractivity contribution in [2.75, 3.05) is 11.5 Å². The van der Waals surface area contributed by atoms with E-state index in [-0.39, 0.29) is 23.5 Å². The summed E-state index contributed by atoms with van der Waals surface area (Å²) in [5.74, 6) is 0.599. The van der Waals surface area contributed by atoms with Gasteiger partial charge in [-0.2, -0.15) is 0 Å². The second kappa shape index (κ2) is 4.82. The Balaban J connectivity index is 4.09. The molecule has 0 aliphatic rings. The molecule has 2 N–H and O–H groups in total. The van der Waals surface area contributed by atoms with Crippen molar-refractivity contribution < 1.29 is 8.42 Å². The molecule has 0 aromatic rings. The standard InChI is InChI=1S/C8H19NO2S/c1-4-7(3)8(9)6-12(10,11)5-2/h7-8H,4-6,9H2,1-3H3. The summed E-state index contributed by atoms with van der Waals surface area (Å²) in [4.78, 5) is 0. The highest BCUT2D eigenvalue weighted by Crippen LogP contribution is 2.07. The molecule has 4 heteroatoms. The van der Waals surface area contributed by atoms with Crippen molar-refractivity contribution >= 4 is 9.84 Å². The molecule has 0 fully saturated rings. The highest BCUT2D eigenvalue weighted by atomic mass is 32.2. The lowest BCUT2D eigenvalue weighted by atomic mass is 10.0. The van der Waals surface area contributed by atoms with Crippen LogP contribution in [0.2, 0.25) is 0 Å². The fourth-order valence-corrected chi connectivity index (χ4v) is 2.03. The highest BCUT2D eigenvalue weighted by molar-refractivity contribution is 7.91. The molecule has 0 rings (SSSR count). The molecule has 0 bridgehead atoms. The number of rotatable bonds is 5. The maximum atomic E-state index is 11.2. The summed E-state index contributed by atoms with van der Waals surface area (Å²) < 4.78 is 22.3. The Morgan fingerprint density at radius 3 is 2.17 bits per heavy atom. The van der Waals surface area contributed by atoms with Crippen LogP contribution in [0.5, 0.6) is 0 Å². The van der Waals surface area contributed by atoms with E-state index in [1.54, 1.807) is 6.92 Å². The third kappa shape index (κ3) is 4.07. The molecular weight excluding hydrogens is 174 g/mol. The molecule has 0 saturated heterocycles. The Bertz CT molecular complexity index is 211. The minimum Gasteiger partial charge on any atom is -0.327 e. The van der Waals surface area contributed by atoms with E-state index in [0.29, 0.717) is 0 Å². The molecular formula is C8H19NO2S. The fourth-order valence-electron chi connectivity index (χ4n) is 0.878. The number of hydrogen-bond acceptors (Lipinski definition) is 3. The minimum absolute atomic E-state index is 0.124. The Morgan fingerprint density at radius 2 is 1.83 bits per heavy atom. The number of hydrogen-bond donors (Lipinski definition) is 1. The van der Waals surface area contributed by atoms with Crippen LogP contribution in [-0.2, 0) is 9.84 Å². The summed E-state index contributed by atoms with van der Waals surface area (Å²) in [7, 11) is -2.90. The Morgan fingerprint density at radius 1 is 1.33 bits per heavy atom. The zero-order chi connectivity index (χ0) is 9.78. The van der Waals surface area contributed by atoms with E-state index in [0.717, 1.165) is 6.42 Å². The molecule has 3 nitrogen and oxygen atoms in total. The van der Waals surface area contributed by atoms with E-state index in [1.807, 2.05) is 13.8 Å². The molecule has 12 heavy (non-hydrogen) atoms. The van der Waals surface area contributed by atoms with Gasteiger partial charge in [0.2, 0.25) is 0 Å². The van der Waals surface area contributed by atoms with Crippen molar-refractivity contribution in [1.29, 1.82) is 0 Å². The van der Waals surface area contributed by atoms with Gasteiger partial charge in [-0.3, -0.25) is 0 Å². The van der Waals surface area contributed by atoms with E-state index in [1.165, 1.54) is 0 Å². The third-order valence-electron chi connectivity index (χ3n) is 2.26. The van der Waals surface area contributed by atoms with Crippen molar-refractivity contribution in [3.8, 4) is 0 Å². The molecule has 0 aromatic carbocycles. The van der Waals surface area contributed by atoms with Gasteiger partial charge in [0.05, 0.1) is 5.75 Å². The Hall–Kier alpha value is -0.0900. The lowest BCUT2D eigenvalue weighted by Crippen LogP contribution is -2.35. The van der Waals surface area contributed by atoms with E-state index >= 15 is 0 Å². The van der Waals surface area contributed by atoms with Crippen LogP contribution in [0.4, 0.5) is 0 Å². The minimum atomic E-state index is -2.90. The first-order chi connectivity index (χ1) is 5.43. The molecule has 0 heterocycles. The molecule has 0 amide bonds. The molecule has 0 aliphatic heterocycles. The Labute approximate surface area is 75.3 Å². The molecule has 2 unspecified atom stereocenters. The molecule has 0 radical (unpaired) electrons. The van der Waals surface area contributed by atoms with Crippen molar-refractivity contribution in [3.63, 3.8) is 0 Å². The predicted molar refractivity (Wildman–Crippen MR) is 51.8 cm³/mol. The van der Waals surface area contributed by atoms with Crippen LogP contribution in [0.25, 0.3) is 0 Å². The number of sulfone groups is 1. The smallest absolute Gasteiger partial charge is 0.151 e. The summed E-state index contributed by atoms with van der Waals surface area (Å²) >= 11 is 0. The highest BCUT2D eigenvalue weighted by Gasteiger charge is 2.18. The normalized spacial score (nSPS) is 17.3. The molecule has 0 aliphatic carbocycles. The summed E-state index contributed by atoms with van der Waals surface area (Å²) in [5, 5.41) is 0. The molecule has 2 atom stereocenters. The largest absolute Gasteiger partial charge is 0.327 e. The summed E-state index contributed by atoms with van der Waals surface area (Å²) in [6.45, 7) is 5.65. The first-order valence-corrected chi connectivity index (χ1v) is 6.21. The monoisotopic (exact) mass is 193 g/mol. The zero-order valence-electron chi connectivity index (χ0n) is 8.08. The van der Waals surface area contributed by atoms with Crippen LogP contribution in [0.1, 0.15) is 27.2 Å². The summed E-state index contributed by atoms with van der Waals surface area (Å²) in [5.41, 5.74) is 5.71. The van der Waals surface area contributed by atoms with E-state index in [2.05, 4.69) is 0 Å². The van der Waals surface area contributed by atoms with Gasteiger partial charge in [-0.25, -0.2) is 8.42 Å². The van der Waals surface area contributed by atoms with Crippen LogP contribution in [0, 0.1) is 5.92 Å². The van der Waals surface area contributed by atoms with Crippen LogP contribution < -0.4 is 5.73 Å². The van der Waals surface area contributed by atoms with Gasteiger partial charge in [-0.05, 0) is 5.92 Å². The van der Waals surface area contributed by atoms with E-state index in [9.17, 15) is 8.42 Å². The van der Waals surface area contributed by atoms with Gasteiger partial charge in [-0.1, -0.05) is 27.2 Å². The molecule has 74 valence electrons. The van der Waals surface area contributed by atoms with Crippen LogP contribution in [0.3, 0.4) is 0 Å². The SMILES string of the molecule is CCC(C)C(N)CS(=O)(=O)CC. The van der Waals surface area contributed by atoms with Gasteiger partial charge in [0, 0.05) is 11.8 Å². The first-order valence-electron chi connectivity index (χ1n) is 4.39. The van der Waals surface area contributed by atoms with Gasteiger partial charge >= 0.3 is 0 Å².